The van der Waals surface area contributed by atoms with Crippen molar-refractivity contribution in [1.82, 2.24) is 14.8 Å². The number of hydrogen-bond donors (Lipinski definition) is 1. The van der Waals surface area contributed by atoms with Gasteiger partial charge >= 0.3 is 0 Å². The van der Waals surface area contributed by atoms with E-state index in [9.17, 15) is 9.59 Å². The van der Waals surface area contributed by atoms with Crippen molar-refractivity contribution in [3.63, 3.8) is 0 Å². The molecule has 1 fully saturated rings. The lowest BCUT2D eigenvalue weighted by Gasteiger charge is -2.35. The van der Waals surface area contributed by atoms with Crippen LogP contribution in [0.15, 0.2) is 79.1 Å². The quantitative estimate of drug-likeness (QED) is 0.714. The molecule has 6 heteroatoms. The molecule has 0 bridgehead atoms. The summed E-state index contributed by atoms with van der Waals surface area (Å²) in [6, 6.07) is 20.2. The third-order valence-corrected chi connectivity index (χ3v) is 5.23. The van der Waals surface area contributed by atoms with E-state index in [2.05, 4.69) is 21.3 Å². The maximum Gasteiger partial charge on any atom is 0.256 e. The van der Waals surface area contributed by atoms with Crippen molar-refractivity contribution < 1.29 is 9.59 Å². The molecule has 1 aliphatic heterocycles. The molecular formula is C24H24N4O2. The number of benzene rings is 2. The molecule has 0 saturated carbocycles. The first-order chi connectivity index (χ1) is 14.7. The highest BCUT2D eigenvalue weighted by Crippen LogP contribution is 2.20. The highest BCUT2D eigenvalue weighted by Gasteiger charge is 2.24. The molecule has 0 radical (unpaired) electrons. The van der Waals surface area contributed by atoms with E-state index >= 15 is 0 Å². The fourth-order valence-electron chi connectivity index (χ4n) is 3.59. The number of amides is 2. The first-order valence-corrected chi connectivity index (χ1v) is 10.1. The van der Waals surface area contributed by atoms with Gasteiger partial charge in [-0.1, -0.05) is 36.4 Å². The van der Waals surface area contributed by atoms with Crippen LogP contribution in [-0.2, 0) is 6.54 Å². The highest BCUT2D eigenvalue weighted by atomic mass is 16.2. The van der Waals surface area contributed by atoms with E-state index in [-0.39, 0.29) is 11.8 Å². The molecule has 0 atom stereocenters. The Kier molecular flexibility index (Phi) is 6.15. The Balaban J connectivity index is 1.40. The van der Waals surface area contributed by atoms with Crippen LogP contribution in [0.3, 0.4) is 0 Å². The molecule has 152 valence electrons. The summed E-state index contributed by atoms with van der Waals surface area (Å²) in [5.41, 5.74) is 2.78. The summed E-state index contributed by atoms with van der Waals surface area (Å²) in [7, 11) is 0. The summed E-state index contributed by atoms with van der Waals surface area (Å²) >= 11 is 0. The zero-order chi connectivity index (χ0) is 20.8. The lowest BCUT2D eigenvalue weighted by molar-refractivity contribution is 0.0629. The maximum atomic E-state index is 13.1. The van der Waals surface area contributed by atoms with Crippen LogP contribution in [0.1, 0.15) is 26.3 Å². The van der Waals surface area contributed by atoms with Crippen molar-refractivity contribution in [2.24, 2.45) is 0 Å². The number of carbonyl (C=O) groups is 2. The number of rotatable bonds is 5. The Bertz CT molecular complexity index is 1000. The van der Waals surface area contributed by atoms with E-state index < -0.39 is 0 Å². The number of pyridine rings is 1. The minimum Gasteiger partial charge on any atom is -0.336 e. The minimum atomic E-state index is -0.225. The SMILES string of the molecule is O=C(Nc1ccccc1C(=O)N1CCN(Cc2cccnc2)CC1)c1ccccc1. The average molecular weight is 400 g/mol. The lowest BCUT2D eigenvalue weighted by Crippen LogP contribution is -2.48. The molecule has 2 amide bonds. The maximum absolute atomic E-state index is 13.1. The standard InChI is InChI=1S/C24H24N4O2/c29-23(20-8-2-1-3-9-20)26-22-11-5-4-10-21(22)24(30)28-15-13-27(14-16-28)18-19-7-6-12-25-17-19/h1-12,17H,13-16,18H2,(H,26,29). The molecule has 2 aromatic carbocycles. The second kappa shape index (κ2) is 9.33. The van der Waals surface area contributed by atoms with Gasteiger partial charge in [0.15, 0.2) is 0 Å². The Labute approximate surface area is 176 Å². The van der Waals surface area contributed by atoms with Gasteiger partial charge in [0.1, 0.15) is 0 Å². The van der Waals surface area contributed by atoms with E-state index in [4.69, 9.17) is 0 Å². The molecule has 6 nitrogen and oxygen atoms in total. The van der Waals surface area contributed by atoms with Crippen molar-refractivity contribution in [3.8, 4) is 0 Å². The molecule has 0 unspecified atom stereocenters. The van der Waals surface area contributed by atoms with Gasteiger partial charge < -0.3 is 10.2 Å². The predicted molar refractivity (Wildman–Crippen MR) is 116 cm³/mol. The molecule has 2 heterocycles. The van der Waals surface area contributed by atoms with Crippen molar-refractivity contribution in [1.29, 1.82) is 0 Å². The molecular weight excluding hydrogens is 376 g/mol. The first kappa shape index (κ1) is 19.8. The average Bonchev–Trinajstić information content (AvgIpc) is 2.81. The third kappa shape index (κ3) is 4.72. The van der Waals surface area contributed by atoms with Crippen LogP contribution in [0.2, 0.25) is 0 Å². The monoisotopic (exact) mass is 400 g/mol. The van der Waals surface area contributed by atoms with Crippen LogP contribution in [0.5, 0.6) is 0 Å². The lowest BCUT2D eigenvalue weighted by atomic mass is 10.1. The van der Waals surface area contributed by atoms with Gasteiger partial charge in [-0.05, 0) is 35.9 Å². The zero-order valence-corrected chi connectivity index (χ0v) is 16.7. The molecule has 0 aliphatic carbocycles. The molecule has 3 aromatic rings. The van der Waals surface area contributed by atoms with Crippen molar-refractivity contribution in [2.75, 3.05) is 31.5 Å². The smallest absolute Gasteiger partial charge is 0.256 e. The normalized spacial score (nSPS) is 14.3. The highest BCUT2D eigenvalue weighted by molar-refractivity contribution is 6.09. The number of para-hydroxylation sites is 1. The second-order valence-corrected chi connectivity index (χ2v) is 7.30. The Morgan fingerprint density at radius 3 is 2.33 bits per heavy atom. The van der Waals surface area contributed by atoms with Crippen molar-refractivity contribution >= 4 is 17.5 Å². The van der Waals surface area contributed by atoms with Crippen LogP contribution < -0.4 is 5.32 Å². The van der Waals surface area contributed by atoms with Crippen LogP contribution >= 0.6 is 0 Å². The number of nitrogens with zero attached hydrogens (tertiary/aromatic N) is 3. The first-order valence-electron chi connectivity index (χ1n) is 10.1. The van der Waals surface area contributed by atoms with Gasteiger partial charge in [0.2, 0.25) is 0 Å². The Morgan fingerprint density at radius 1 is 0.867 bits per heavy atom. The molecule has 0 spiro atoms. The van der Waals surface area contributed by atoms with Gasteiger partial charge in [0, 0.05) is 50.7 Å². The van der Waals surface area contributed by atoms with Crippen LogP contribution in [0.4, 0.5) is 5.69 Å². The largest absolute Gasteiger partial charge is 0.336 e. The molecule has 30 heavy (non-hydrogen) atoms. The number of hydrogen-bond acceptors (Lipinski definition) is 4. The Hall–Kier alpha value is -3.51. The topological polar surface area (TPSA) is 65.5 Å². The summed E-state index contributed by atoms with van der Waals surface area (Å²) in [4.78, 5) is 34.0. The van der Waals surface area contributed by atoms with Gasteiger partial charge in [0.05, 0.1) is 11.3 Å². The molecule has 4 rings (SSSR count). The van der Waals surface area contributed by atoms with Gasteiger partial charge in [-0.15, -0.1) is 0 Å². The number of anilines is 1. The Morgan fingerprint density at radius 2 is 1.60 bits per heavy atom. The van der Waals surface area contributed by atoms with E-state index in [1.165, 1.54) is 5.56 Å². The van der Waals surface area contributed by atoms with E-state index in [1.807, 2.05) is 47.5 Å². The van der Waals surface area contributed by atoms with Gasteiger partial charge in [-0.2, -0.15) is 0 Å². The fourth-order valence-corrected chi connectivity index (χ4v) is 3.59. The van der Waals surface area contributed by atoms with Crippen molar-refractivity contribution in [2.45, 2.75) is 6.54 Å². The van der Waals surface area contributed by atoms with E-state index in [0.29, 0.717) is 29.9 Å². The second-order valence-electron chi connectivity index (χ2n) is 7.30. The summed E-state index contributed by atoms with van der Waals surface area (Å²) in [6.45, 7) is 3.75. The van der Waals surface area contributed by atoms with Crippen LogP contribution in [0, 0.1) is 0 Å². The number of piperazine rings is 1. The zero-order valence-electron chi connectivity index (χ0n) is 16.7. The van der Waals surface area contributed by atoms with Gasteiger partial charge in [0.25, 0.3) is 11.8 Å². The van der Waals surface area contributed by atoms with Crippen LogP contribution in [-0.4, -0.2) is 52.8 Å². The summed E-state index contributed by atoms with van der Waals surface area (Å²) in [6.07, 6.45) is 3.65. The molecule has 1 saturated heterocycles. The third-order valence-electron chi connectivity index (χ3n) is 5.23. The minimum absolute atomic E-state index is 0.0556. The summed E-state index contributed by atoms with van der Waals surface area (Å²) in [5.74, 6) is -0.280. The van der Waals surface area contributed by atoms with Gasteiger partial charge in [-0.25, -0.2) is 0 Å². The fraction of sp³-hybridized carbons (Fsp3) is 0.208. The molecule has 1 N–H and O–H groups in total. The van der Waals surface area contributed by atoms with Crippen molar-refractivity contribution in [3.05, 3.63) is 95.8 Å². The van der Waals surface area contributed by atoms with E-state index in [0.717, 1.165) is 19.6 Å². The van der Waals surface area contributed by atoms with Crippen LogP contribution in [0.25, 0.3) is 0 Å². The number of nitrogens with one attached hydrogen (secondary N) is 1. The number of carbonyl (C=O) groups excluding carboxylic acids is 2. The molecule has 1 aromatic heterocycles. The van der Waals surface area contributed by atoms with E-state index in [1.54, 1.807) is 30.5 Å². The van der Waals surface area contributed by atoms with Gasteiger partial charge in [-0.3, -0.25) is 19.5 Å². The summed E-state index contributed by atoms with van der Waals surface area (Å²) < 4.78 is 0. The predicted octanol–water partition coefficient (Wildman–Crippen LogP) is 3.29. The number of aromatic nitrogens is 1. The molecule has 1 aliphatic rings. The summed E-state index contributed by atoms with van der Waals surface area (Å²) in [5, 5.41) is 2.88.